The van der Waals surface area contributed by atoms with E-state index in [0.29, 0.717) is 19.3 Å². The minimum atomic E-state index is -0.785. The van der Waals surface area contributed by atoms with E-state index >= 15 is 0 Å². The zero-order valence-corrected chi connectivity index (χ0v) is 46.3. The van der Waals surface area contributed by atoms with Gasteiger partial charge in [-0.1, -0.05) is 241 Å². The van der Waals surface area contributed by atoms with Crippen molar-refractivity contribution in [2.24, 2.45) is 0 Å². The number of carbonyl (C=O) groups excluding carboxylic acids is 3. The van der Waals surface area contributed by atoms with E-state index in [-0.39, 0.29) is 31.1 Å². The molecule has 6 heteroatoms. The van der Waals surface area contributed by atoms with E-state index in [0.717, 1.165) is 96.3 Å². The second kappa shape index (κ2) is 58.4. The van der Waals surface area contributed by atoms with E-state index < -0.39 is 6.10 Å². The lowest BCUT2D eigenvalue weighted by atomic mass is 10.1. The molecule has 0 aromatic heterocycles. The monoisotopic (exact) mass is 977 g/mol. The Hall–Kier alpha value is -3.15. The Bertz CT molecular complexity index is 1310. The van der Waals surface area contributed by atoms with Gasteiger partial charge in [0.1, 0.15) is 13.2 Å². The average molecular weight is 978 g/mol. The smallest absolute Gasteiger partial charge is 0.306 e. The summed E-state index contributed by atoms with van der Waals surface area (Å²) in [6, 6.07) is 0. The van der Waals surface area contributed by atoms with Crippen LogP contribution >= 0.6 is 0 Å². The van der Waals surface area contributed by atoms with Crippen LogP contribution < -0.4 is 0 Å². The van der Waals surface area contributed by atoms with Crippen molar-refractivity contribution in [3.8, 4) is 0 Å². The van der Waals surface area contributed by atoms with Crippen LogP contribution in [0.5, 0.6) is 0 Å². The molecule has 0 radical (unpaired) electrons. The molecular weight excluding hydrogens is 865 g/mol. The summed E-state index contributed by atoms with van der Waals surface area (Å²) in [6.45, 7) is 6.52. The highest BCUT2D eigenvalue weighted by Gasteiger charge is 2.19. The van der Waals surface area contributed by atoms with Crippen molar-refractivity contribution in [1.29, 1.82) is 0 Å². The van der Waals surface area contributed by atoms with Gasteiger partial charge in [0.05, 0.1) is 0 Å². The fraction of sp³-hybridized carbons (Fsp3) is 0.766. The van der Waals surface area contributed by atoms with Crippen LogP contribution in [-0.2, 0) is 28.6 Å². The quantitative estimate of drug-likeness (QED) is 0.0261. The lowest BCUT2D eigenvalue weighted by Gasteiger charge is -2.18. The minimum absolute atomic E-state index is 0.0829. The summed E-state index contributed by atoms with van der Waals surface area (Å²) in [4.78, 5) is 38.2. The number of ether oxygens (including phenoxy) is 3. The first-order valence-electron chi connectivity index (χ1n) is 29.9. The maximum absolute atomic E-state index is 12.9. The molecule has 0 aliphatic carbocycles. The van der Waals surface area contributed by atoms with Gasteiger partial charge in [-0.25, -0.2) is 0 Å². The van der Waals surface area contributed by atoms with Gasteiger partial charge >= 0.3 is 17.9 Å². The maximum Gasteiger partial charge on any atom is 0.306 e. The predicted molar refractivity (Wildman–Crippen MR) is 302 cm³/mol. The molecule has 1 unspecified atom stereocenters. The van der Waals surface area contributed by atoms with Crippen molar-refractivity contribution in [1.82, 2.24) is 0 Å². The van der Waals surface area contributed by atoms with Crippen LogP contribution in [0, 0.1) is 0 Å². The van der Waals surface area contributed by atoms with E-state index in [1.807, 2.05) is 0 Å². The van der Waals surface area contributed by atoms with Gasteiger partial charge in [0.15, 0.2) is 6.10 Å². The van der Waals surface area contributed by atoms with Crippen molar-refractivity contribution in [3.63, 3.8) is 0 Å². The molecule has 0 saturated heterocycles. The van der Waals surface area contributed by atoms with Gasteiger partial charge in [0.25, 0.3) is 0 Å². The minimum Gasteiger partial charge on any atom is -0.462 e. The summed E-state index contributed by atoms with van der Waals surface area (Å²) in [5.74, 6) is -0.893. The lowest BCUT2D eigenvalue weighted by Crippen LogP contribution is -2.30. The van der Waals surface area contributed by atoms with Gasteiger partial charge < -0.3 is 14.2 Å². The molecule has 0 aromatic rings. The molecule has 1 atom stereocenters. The molecular formula is C64H112O6. The van der Waals surface area contributed by atoms with Crippen LogP contribution in [0.1, 0.15) is 297 Å². The van der Waals surface area contributed by atoms with Gasteiger partial charge in [0, 0.05) is 19.3 Å². The lowest BCUT2D eigenvalue weighted by molar-refractivity contribution is -0.167. The van der Waals surface area contributed by atoms with Crippen LogP contribution in [0.4, 0.5) is 0 Å². The summed E-state index contributed by atoms with van der Waals surface area (Å²) < 4.78 is 16.9. The third kappa shape index (κ3) is 55.8. The third-order valence-corrected chi connectivity index (χ3v) is 12.9. The van der Waals surface area contributed by atoms with Gasteiger partial charge in [-0.05, 0) is 109 Å². The van der Waals surface area contributed by atoms with Crippen LogP contribution in [0.25, 0.3) is 0 Å². The number of unbranched alkanes of at least 4 members (excludes halogenated alkanes) is 31. The fourth-order valence-corrected chi connectivity index (χ4v) is 8.42. The van der Waals surface area contributed by atoms with Crippen LogP contribution in [0.15, 0.2) is 72.9 Å². The van der Waals surface area contributed by atoms with Crippen molar-refractivity contribution in [2.45, 2.75) is 303 Å². The van der Waals surface area contributed by atoms with Gasteiger partial charge in [-0.3, -0.25) is 14.4 Å². The van der Waals surface area contributed by atoms with Crippen LogP contribution in [-0.4, -0.2) is 37.2 Å². The molecule has 0 heterocycles. The first kappa shape index (κ1) is 66.9. The van der Waals surface area contributed by atoms with Crippen LogP contribution in [0.2, 0.25) is 0 Å². The van der Waals surface area contributed by atoms with Gasteiger partial charge in [-0.15, -0.1) is 0 Å². The summed E-state index contributed by atoms with van der Waals surface area (Å²) in [7, 11) is 0. The molecule has 6 nitrogen and oxygen atoms in total. The first-order valence-corrected chi connectivity index (χ1v) is 29.9. The molecule has 0 aromatic carbocycles. The number of hydrogen-bond donors (Lipinski definition) is 0. The highest BCUT2D eigenvalue weighted by molar-refractivity contribution is 5.71. The Morgan fingerprint density at radius 1 is 0.300 bits per heavy atom. The van der Waals surface area contributed by atoms with E-state index in [1.165, 1.54) is 161 Å². The van der Waals surface area contributed by atoms with E-state index in [1.54, 1.807) is 0 Å². The Morgan fingerprint density at radius 2 is 0.557 bits per heavy atom. The van der Waals surface area contributed by atoms with Gasteiger partial charge in [-0.2, -0.15) is 0 Å². The molecule has 0 saturated carbocycles. The summed E-state index contributed by atoms with van der Waals surface area (Å²) in [6.07, 6.45) is 74.6. The Labute approximate surface area is 433 Å². The predicted octanol–water partition coefficient (Wildman–Crippen LogP) is 20.2. The summed E-state index contributed by atoms with van der Waals surface area (Å²) in [5.41, 5.74) is 0. The molecule has 0 N–H and O–H groups in total. The Kier molecular flexibility index (Phi) is 55.8. The number of carbonyl (C=O) groups is 3. The number of allylic oxidation sites excluding steroid dienone is 12. The normalized spacial score (nSPS) is 12.6. The molecule has 0 amide bonds. The van der Waals surface area contributed by atoms with E-state index in [2.05, 4.69) is 93.7 Å². The highest BCUT2D eigenvalue weighted by Crippen LogP contribution is 2.15. The number of rotatable bonds is 54. The highest BCUT2D eigenvalue weighted by atomic mass is 16.6. The zero-order chi connectivity index (χ0) is 50.7. The molecule has 0 spiro atoms. The topological polar surface area (TPSA) is 78.9 Å². The SMILES string of the molecule is CC/C=C\C/C=C\C/C=C\C/C=C\CCCCCCCCCCC(=O)OCC(COC(=O)CCCCCCC/C=C\CCCCCC)OC(=O)CCCCCCCCC/C=C\CCCCCCCCC. The molecule has 70 heavy (non-hydrogen) atoms. The van der Waals surface area contributed by atoms with Crippen molar-refractivity contribution >= 4 is 17.9 Å². The molecule has 404 valence electrons. The van der Waals surface area contributed by atoms with E-state index in [4.69, 9.17) is 14.2 Å². The summed E-state index contributed by atoms with van der Waals surface area (Å²) in [5, 5.41) is 0. The molecule has 0 aliphatic heterocycles. The van der Waals surface area contributed by atoms with Crippen molar-refractivity contribution < 1.29 is 28.6 Å². The Balaban J connectivity index is 4.37. The second-order valence-corrected chi connectivity index (χ2v) is 19.9. The molecule has 0 rings (SSSR count). The maximum atomic E-state index is 12.9. The largest absolute Gasteiger partial charge is 0.462 e. The zero-order valence-electron chi connectivity index (χ0n) is 46.3. The van der Waals surface area contributed by atoms with Gasteiger partial charge in [0.2, 0.25) is 0 Å². The fourth-order valence-electron chi connectivity index (χ4n) is 8.42. The van der Waals surface area contributed by atoms with Crippen molar-refractivity contribution in [3.05, 3.63) is 72.9 Å². The van der Waals surface area contributed by atoms with Crippen molar-refractivity contribution in [2.75, 3.05) is 13.2 Å². The molecule has 0 bridgehead atoms. The average Bonchev–Trinajstić information content (AvgIpc) is 3.36. The summed E-state index contributed by atoms with van der Waals surface area (Å²) >= 11 is 0. The third-order valence-electron chi connectivity index (χ3n) is 12.9. The molecule has 0 fully saturated rings. The molecule has 0 aliphatic rings. The number of esters is 3. The van der Waals surface area contributed by atoms with Crippen LogP contribution in [0.3, 0.4) is 0 Å². The second-order valence-electron chi connectivity index (χ2n) is 19.9. The number of hydrogen-bond acceptors (Lipinski definition) is 6. The standard InChI is InChI=1S/C64H112O6/c1-4-7-10-13-16-19-22-25-27-29-31-32-33-35-36-39-42-45-48-51-54-57-63(66)69-60-61(59-68-62(65)56-53-50-47-44-41-38-24-21-18-15-12-9-6-3)70-64(67)58-55-52-49-46-43-40-37-34-30-28-26-23-20-17-14-11-8-5-2/h7,10,16,19,21,24-25,27-28,30-32,61H,4-6,8-9,11-15,17-18,20,22-23,26,29,33-60H2,1-3H3/b10-7-,19-16-,24-21-,27-25-,30-28-,32-31-. The van der Waals surface area contributed by atoms with E-state index in [9.17, 15) is 14.4 Å². The first-order chi connectivity index (χ1) is 34.5. The Morgan fingerprint density at radius 3 is 0.900 bits per heavy atom.